The van der Waals surface area contributed by atoms with E-state index in [1.54, 1.807) is 11.8 Å². The summed E-state index contributed by atoms with van der Waals surface area (Å²) >= 11 is 1.67. The number of rotatable bonds is 5. The Morgan fingerprint density at radius 2 is 2.33 bits per heavy atom. The van der Waals surface area contributed by atoms with Crippen LogP contribution in [0.25, 0.3) is 0 Å². The van der Waals surface area contributed by atoms with Crippen LogP contribution in [-0.4, -0.2) is 36.3 Å². The summed E-state index contributed by atoms with van der Waals surface area (Å²) in [5.41, 5.74) is 0. The highest BCUT2D eigenvalue weighted by Gasteiger charge is 2.31. The average Bonchev–Trinajstić information content (AvgIpc) is 2.68. The molecule has 1 rings (SSSR count). The van der Waals surface area contributed by atoms with Crippen molar-refractivity contribution in [1.29, 1.82) is 0 Å². The largest absolute Gasteiger partial charge is 0.465 e. The predicted molar refractivity (Wildman–Crippen MR) is 62.1 cm³/mol. The standard InChI is InChI=1S/C11H20O3S/c1-4-14-10(12)11(2,3)15-8-9-5-6-13-7-9/h9H,4-8H2,1-3H3. The minimum Gasteiger partial charge on any atom is -0.465 e. The van der Waals surface area contributed by atoms with Gasteiger partial charge in [-0.3, -0.25) is 4.79 Å². The Morgan fingerprint density at radius 3 is 2.87 bits per heavy atom. The Kier molecular flexibility index (Phi) is 4.93. The van der Waals surface area contributed by atoms with Gasteiger partial charge in [0.15, 0.2) is 0 Å². The summed E-state index contributed by atoms with van der Waals surface area (Å²) in [6.45, 7) is 7.84. The van der Waals surface area contributed by atoms with E-state index in [2.05, 4.69) is 0 Å². The maximum Gasteiger partial charge on any atom is 0.321 e. The summed E-state index contributed by atoms with van der Waals surface area (Å²) in [6, 6.07) is 0. The van der Waals surface area contributed by atoms with Crippen LogP contribution in [-0.2, 0) is 14.3 Å². The van der Waals surface area contributed by atoms with Crippen molar-refractivity contribution >= 4 is 17.7 Å². The average molecular weight is 232 g/mol. The van der Waals surface area contributed by atoms with E-state index in [4.69, 9.17) is 9.47 Å². The first-order valence-electron chi connectivity index (χ1n) is 5.45. The molecular weight excluding hydrogens is 212 g/mol. The van der Waals surface area contributed by atoms with Gasteiger partial charge in [0, 0.05) is 6.61 Å². The Labute approximate surface area is 95.9 Å². The molecule has 1 aliphatic heterocycles. The van der Waals surface area contributed by atoms with Gasteiger partial charge in [-0.2, -0.15) is 0 Å². The van der Waals surface area contributed by atoms with Crippen LogP contribution in [0.3, 0.4) is 0 Å². The molecular formula is C11H20O3S. The van der Waals surface area contributed by atoms with E-state index in [0.717, 1.165) is 25.4 Å². The van der Waals surface area contributed by atoms with Crippen molar-refractivity contribution in [3.63, 3.8) is 0 Å². The van der Waals surface area contributed by atoms with E-state index < -0.39 is 4.75 Å². The fourth-order valence-corrected chi connectivity index (χ4v) is 2.50. The van der Waals surface area contributed by atoms with Gasteiger partial charge in [-0.1, -0.05) is 0 Å². The van der Waals surface area contributed by atoms with E-state index >= 15 is 0 Å². The van der Waals surface area contributed by atoms with Crippen LogP contribution in [0.4, 0.5) is 0 Å². The second kappa shape index (κ2) is 5.75. The first kappa shape index (κ1) is 12.8. The van der Waals surface area contributed by atoms with Gasteiger partial charge in [0.2, 0.25) is 0 Å². The Morgan fingerprint density at radius 1 is 1.60 bits per heavy atom. The quantitative estimate of drug-likeness (QED) is 0.680. The predicted octanol–water partition coefficient (Wildman–Crippen LogP) is 2.10. The molecule has 4 heteroatoms. The number of esters is 1. The highest BCUT2D eigenvalue weighted by Crippen LogP contribution is 2.30. The van der Waals surface area contributed by atoms with Gasteiger partial charge in [0.25, 0.3) is 0 Å². The van der Waals surface area contributed by atoms with E-state index in [1.165, 1.54) is 0 Å². The first-order chi connectivity index (χ1) is 7.06. The number of carbonyl (C=O) groups excluding carboxylic acids is 1. The number of hydrogen-bond donors (Lipinski definition) is 0. The molecule has 0 aromatic rings. The van der Waals surface area contributed by atoms with Gasteiger partial charge in [-0.05, 0) is 38.9 Å². The molecule has 1 unspecified atom stereocenters. The Hall–Kier alpha value is -0.220. The molecule has 0 amide bonds. The monoisotopic (exact) mass is 232 g/mol. The summed E-state index contributed by atoms with van der Waals surface area (Å²) in [7, 11) is 0. The van der Waals surface area contributed by atoms with Gasteiger partial charge < -0.3 is 9.47 Å². The lowest BCUT2D eigenvalue weighted by atomic mass is 10.2. The second-order valence-electron chi connectivity index (χ2n) is 4.27. The minimum atomic E-state index is -0.432. The van der Waals surface area contributed by atoms with Crippen molar-refractivity contribution in [2.24, 2.45) is 5.92 Å². The summed E-state index contributed by atoms with van der Waals surface area (Å²) < 4.78 is 9.90. The fraction of sp³-hybridized carbons (Fsp3) is 0.909. The zero-order valence-electron chi connectivity index (χ0n) is 9.75. The summed E-state index contributed by atoms with van der Waals surface area (Å²) in [5, 5.41) is 0. The molecule has 0 saturated carbocycles. The van der Waals surface area contributed by atoms with Gasteiger partial charge in [0.05, 0.1) is 13.2 Å². The van der Waals surface area contributed by atoms with Gasteiger partial charge in [-0.25, -0.2) is 0 Å². The van der Waals surface area contributed by atoms with Crippen LogP contribution >= 0.6 is 11.8 Å². The van der Waals surface area contributed by atoms with E-state index in [1.807, 2.05) is 20.8 Å². The van der Waals surface area contributed by atoms with Crippen molar-refractivity contribution < 1.29 is 14.3 Å². The Bertz CT molecular complexity index is 210. The molecule has 1 heterocycles. The van der Waals surface area contributed by atoms with Gasteiger partial charge in [-0.15, -0.1) is 11.8 Å². The molecule has 0 bridgehead atoms. The molecule has 1 aliphatic rings. The number of carbonyl (C=O) groups is 1. The summed E-state index contributed by atoms with van der Waals surface area (Å²) in [5.74, 6) is 1.46. The third-order valence-electron chi connectivity index (χ3n) is 2.47. The van der Waals surface area contributed by atoms with Crippen molar-refractivity contribution in [2.45, 2.75) is 31.9 Å². The maximum absolute atomic E-state index is 11.6. The van der Waals surface area contributed by atoms with Gasteiger partial charge in [0.1, 0.15) is 4.75 Å². The van der Waals surface area contributed by atoms with E-state index in [0.29, 0.717) is 12.5 Å². The third-order valence-corrected chi connectivity index (χ3v) is 4.00. The topological polar surface area (TPSA) is 35.5 Å². The van der Waals surface area contributed by atoms with Crippen molar-refractivity contribution in [1.82, 2.24) is 0 Å². The highest BCUT2D eigenvalue weighted by molar-refractivity contribution is 8.01. The summed E-state index contributed by atoms with van der Waals surface area (Å²) in [4.78, 5) is 11.6. The number of ether oxygens (including phenoxy) is 2. The summed E-state index contributed by atoms with van der Waals surface area (Å²) in [6.07, 6.45) is 1.12. The van der Waals surface area contributed by atoms with Crippen LogP contribution < -0.4 is 0 Å². The van der Waals surface area contributed by atoms with Crippen molar-refractivity contribution in [3.8, 4) is 0 Å². The fourth-order valence-electron chi connectivity index (χ4n) is 1.40. The molecule has 3 nitrogen and oxygen atoms in total. The third kappa shape index (κ3) is 4.03. The molecule has 15 heavy (non-hydrogen) atoms. The molecule has 0 aromatic heterocycles. The van der Waals surface area contributed by atoms with Crippen LogP contribution in [0, 0.1) is 5.92 Å². The second-order valence-corrected chi connectivity index (χ2v) is 5.91. The lowest BCUT2D eigenvalue weighted by Crippen LogP contribution is -2.31. The van der Waals surface area contributed by atoms with E-state index in [9.17, 15) is 4.79 Å². The lowest BCUT2D eigenvalue weighted by molar-refractivity contribution is -0.145. The zero-order valence-corrected chi connectivity index (χ0v) is 10.6. The normalized spacial score (nSPS) is 21.7. The van der Waals surface area contributed by atoms with Crippen LogP contribution in [0.15, 0.2) is 0 Å². The minimum absolute atomic E-state index is 0.117. The smallest absolute Gasteiger partial charge is 0.321 e. The molecule has 1 saturated heterocycles. The van der Waals surface area contributed by atoms with Crippen LogP contribution in [0.5, 0.6) is 0 Å². The van der Waals surface area contributed by atoms with Gasteiger partial charge >= 0.3 is 5.97 Å². The zero-order chi connectivity index (χ0) is 11.3. The van der Waals surface area contributed by atoms with Crippen molar-refractivity contribution in [3.05, 3.63) is 0 Å². The molecule has 0 aromatic carbocycles. The first-order valence-corrected chi connectivity index (χ1v) is 6.43. The van der Waals surface area contributed by atoms with Crippen LogP contribution in [0.1, 0.15) is 27.2 Å². The Balaban J connectivity index is 2.30. The lowest BCUT2D eigenvalue weighted by Gasteiger charge is -2.22. The molecule has 0 N–H and O–H groups in total. The number of hydrogen-bond acceptors (Lipinski definition) is 4. The SMILES string of the molecule is CCOC(=O)C(C)(C)SCC1CCOC1. The van der Waals surface area contributed by atoms with Crippen molar-refractivity contribution in [2.75, 3.05) is 25.6 Å². The van der Waals surface area contributed by atoms with Crippen LogP contribution in [0.2, 0.25) is 0 Å². The highest BCUT2D eigenvalue weighted by atomic mass is 32.2. The molecule has 1 atom stereocenters. The number of thioether (sulfide) groups is 1. The van der Waals surface area contributed by atoms with E-state index in [-0.39, 0.29) is 5.97 Å². The molecule has 0 radical (unpaired) electrons. The molecule has 88 valence electrons. The maximum atomic E-state index is 11.6. The molecule has 0 aliphatic carbocycles. The molecule has 0 spiro atoms. The molecule has 1 fully saturated rings.